The van der Waals surface area contributed by atoms with Gasteiger partial charge in [-0.1, -0.05) is 33.3 Å². The Hall–Kier alpha value is -2.68. The molecule has 9 heteroatoms. The highest BCUT2D eigenvalue weighted by molar-refractivity contribution is 7.09. The van der Waals surface area contributed by atoms with E-state index in [-0.39, 0.29) is 23.8 Å². The van der Waals surface area contributed by atoms with E-state index in [0.29, 0.717) is 56.9 Å². The van der Waals surface area contributed by atoms with E-state index < -0.39 is 5.54 Å². The molecular formula is C25H35N5O3S. The van der Waals surface area contributed by atoms with Crippen LogP contribution in [0.25, 0.3) is 0 Å². The van der Waals surface area contributed by atoms with E-state index in [2.05, 4.69) is 29.4 Å². The predicted octanol–water partition coefficient (Wildman–Crippen LogP) is 3.86. The minimum absolute atomic E-state index is 0.00961. The zero-order valence-electron chi connectivity index (χ0n) is 20.3. The van der Waals surface area contributed by atoms with Crippen LogP contribution in [0.5, 0.6) is 0 Å². The van der Waals surface area contributed by atoms with Gasteiger partial charge >= 0.3 is 6.03 Å². The minimum Gasteiger partial charge on any atom is -0.337 e. The summed E-state index contributed by atoms with van der Waals surface area (Å²) < 4.78 is 0. The molecule has 4 amide bonds. The van der Waals surface area contributed by atoms with Crippen molar-refractivity contribution in [3.63, 3.8) is 0 Å². The molecule has 4 rings (SSSR count). The van der Waals surface area contributed by atoms with Crippen molar-refractivity contribution in [1.82, 2.24) is 25.3 Å². The standard InChI is InChI=1S/C25H35N5O3S/c1-4-10-25(23(32)30(24(33)26-25)13-9-20-6-5-14-34-20)18-7-11-29(12-8-18)22(31)21-16-19(27-28-21)15-17(2)3/h5-6,14,16-18H,4,7-13,15H2,1-3H3,(H,26,33)(H,27,28)/t25-/m0/s1. The van der Waals surface area contributed by atoms with Crippen LogP contribution in [0.4, 0.5) is 4.79 Å². The highest BCUT2D eigenvalue weighted by Gasteiger charge is 2.55. The maximum absolute atomic E-state index is 13.6. The molecule has 0 aliphatic carbocycles. The van der Waals surface area contributed by atoms with E-state index in [1.165, 1.54) is 4.90 Å². The number of hydrogen-bond donors (Lipinski definition) is 2. The number of urea groups is 1. The summed E-state index contributed by atoms with van der Waals surface area (Å²) >= 11 is 1.64. The van der Waals surface area contributed by atoms with E-state index in [4.69, 9.17) is 0 Å². The van der Waals surface area contributed by atoms with E-state index in [0.717, 1.165) is 23.4 Å². The third-order valence-corrected chi connectivity index (χ3v) is 7.90. The van der Waals surface area contributed by atoms with Gasteiger partial charge in [-0.2, -0.15) is 5.10 Å². The maximum atomic E-state index is 13.6. The fourth-order valence-electron chi connectivity index (χ4n) is 5.32. The third kappa shape index (κ3) is 4.89. The van der Waals surface area contributed by atoms with E-state index in [1.54, 1.807) is 11.3 Å². The summed E-state index contributed by atoms with van der Waals surface area (Å²) in [6, 6.07) is 5.57. The van der Waals surface area contributed by atoms with Crippen LogP contribution in [0.3, 0.4) is 0 Å². The SMILES string of the molecule is CCC[C@@]1(C2CCN(C(=O)c3cc(CC(C)C)[nH]n3)CC2)NC(=O)N(CCc2cccs2)C1=O. The molecule has 0 spiro atoms. The number of likely N-dealkylation sites (tertiary alicyclic amines) is 1. The van der Waals surface area contributed by atoms with Gasteiger partial charge in [0.25, 0.3) is 11.8 Å². The summed E-state index contributed by atoms with van der Waals surface area (Å²) in [6.07, 6.45) is 4.31. The molecule has 1 atom stereocenters. The first-order chi connectivity index (χ1) is 16.3. The Labute approximate surface area is 205 Å². The summed E-state index contributed by atoms with van der Waals surface area (Å²) in [5.74, 6) is 0.313. The Morgan fingerprint density at radius 1 is 1.29 bits per heavy atom. The molecule has 0 saturated carbocycles. The molecule has 34 heavy (non-hydrogen) atoms. The van der Waals surface area contributed by atoms with Crippen LogP contribution in [0.15, 0.2) is 23.6 Å². The minimum atomic E-state index is -0.868. The zero-order chi connectivity index (χ0) is 24.3. The van der Waals surface area contributed by atoms with Gasteiger partial charge in [0.05, 0.1) is 0 Å². The number of H-pyrrole nitrogens is 1. The second kappa shape index (κ2) is 10.3. The molecule has 2 aromatic heterocycles. The lowest BCUT2D eigenvalue weighted by atomic mass is 9.74. The van der Waals surface area contributed by atoms with Gasteiger partial charge < -0.3 is 10.2 Å². The van der Waals surface area contributed by atoms with Crippen molar-refractivity contribution in [3.05, 3.63) is 39.8 Å². The number of aromatic amines is 1. The van der Waals surface area contributed by atoms with Gasteiger partial charge in [0.2, 0.25) is 0 Å². The number of nitrogens with one attached hydrogen (secondary N) is 2. The van der Waals surface area contributed by atoms with Crippen LogP contribution < -0.4 is 5.32 Å². The van der Waals surface area contributed by atoms with Crippen LogP contribution in [-0.2, 0) is 17.6 Å². The Kier molecular flexibility index (Phi) is 7.40. The van der Waals surface area contributed by atoms with Crippen LogP contribution >= 0.6 is 11.3 Å². The highest BCUT2D eigenvalue weighted by atomic mass is 32.1. The summed E-state index contributed by atoms with van der Waals surface area (Å²) in [4.78, 5) is 43.8. The summed E-state index contributed by atoms with van der Waals surface area (Å²) in [6.45, 7) is 7.81. The molecule has 0 aromatic carbocycles. The first-order valence-corrected chi connectivity index (χ1v) is 13.2. The van der Waals surface area contributed by atoms with Gasteiger partial charge in [-0.05, 0) is 61.5 Å². The molecular weight excluding hydrogens is 450 g/mol. The summed E-state index contributed by atoms with van der Waals surface area (Å²) in [5.41, 5.74) is 0.548. The number of nitrogens with zero attached hydrogens (tertiary/aromatic N) is 3. The number of imide groups is 1. The maximum Gasteiger partial charge on any atom is 0.325 e. The molecule has 184 valence electrons. The number of carbonyl (C=O) groups excluding carboxylic acids is 3. The molecule has 8 nitrogen and oxygen atoms in total. The van der Waals surface area contributed by atoms with Crippen molar-refractivity contribution in [1.29, 1.82) is 0 Å². The monoisotopic (exact) mass is 485 g/mol. The Bertz CT molecular complexity index is 1010. The third-order valence-electron chi connectivity index (χ3n) is 6.97. The first kappa shape index (κ1) is 24.4. The average Bonchev–Trinajstić information content (AvgIpc) is 3.54. The molecule has 2 aromatic rings. The number of hydrogen-bond acceptors (Lipinski definition) is 5. The van der Waals surface area contributed by atoms with Crippen LogP contribution in [-0.4, -0.2) is 63.0 Å². The van der Waals surface area contributed by atoms with Crippen molar-refractivity contribution in [2.75, 3.05) is 19.6 Å². The van der Waals surface area contributed by atoms with Crippen LogP contribution in [0.1, 0.15) is 67.5 Å². The Morgan fingerprint density at radius 3 is 2.71 bits per heavy atom. The second-order valence-electron chi connectivity index (χ2n) is 9.88. The lowest BCUT2D eigenvalue weighted by Crippen LogP contribution is -2.56. The molecule has 4 heterocycles. The van der Waals surface area contributed by atoms with Gasteiger partial charge in [0, 0.05) is 30.2 Å². The van der Waals surface area contributed by atoms with Gasteiger partial charge in [-0.3, -0.25) is 19.6 Å². The van der Waals surface area contributed by atoms with E-state index in [9.17, 15) is 14.4 Å². The van der Waals surface area contributed by atoms with E-state index in [1.807, 2.05) is 35.4 Å². The average molecular weight is 486 g/mol. The summed E-state index contributed by atoms with van der Waals surface area (Å²) in [7, 11) is 0. The van der Waals surface area contributed by atoms with Crippen molar-refractivity contribution in [3.8, 4) is 0 Å². The molecule has 2 fully saturated rings. The van der Waals surface area contributed by atoms with Crippen molar-refractivity contribution in [2.45, 2.75) is 64.8 Å². The lowest BCUT2D eigenvalue weighted by molar-refractivity contribution is -0.134. The zero-order valence-corrected chi connectivity index (χ0v) is 21.1. The molecule has 0 unspecified atom stereocenters. The second-order valence-corrected chi connectivity index (χ2v) is 10.9. The molecule has 2 aliphatic heterocycles. The van der Waals surface area contributed by atoms with Crippen molar-refractivity contribution >= 4 is 29.2 Å². The predicted molar refractivity (Wildman–Crippen MR) is 132 cm³/mol. The Morgan fingerprint density at radius 2 is 2.06 bits per heavy atom. The fraction of sp³-hybridized carbons (Fsp3) is 0.600. The topological polar surface area (TPSA) is 98.4 Å². The molecule has 2 aliphatic rings. The molecule has 2 saturated heterocycles. The largest absolute Gasteiger partial charge is 0.337 e. The van der Waals surface area contributed by atoms with Gasteiger partial charge in [0.1, 0.15) is 11.2 Å². The number of aromatic nitrogens is 2. The number of carbonyl (C=O) groups is 3. The van der Waals surface area contributed by atoms with Gasteiger partial charge in [-0.15, -0.1) is 11.3 Å². The number of piperidine rings is 1. The van der Waals surface area contributed by atoms with E-state index >= 15 is 0 Å². The lowest BCUT2D eigenvalue weighted by Gasteiger charge is -2.40. The summed E-state index contributed by atoms with van der Waals surface area (Å²) in [5, 5.41) is 12.3. The van der Waals surface area contributed by atoms with Crippen molar-refractivity contribution in [2.24, 2.45) is 11.8 Å². The number of thiophene rings is 1. The fourth-order valence-corrected chi connectivity index (χ4v) is 6.02. The highest BCUT2D eigenvalue weighted by Crippen LogP contribution is 2.37. The number of rotatable bonds is 9. The normalized spacial score (nSPS) is 21.5. The van der Waals surface area contributed by atoms with Crippen LogP contribution in [0.2, 0.25) is 0 Å². The first-order valence-electron chi connectivity index (χ1n) is 12.3. The molecule has 0 bridgehead atoms. The van der Waals surface area contributed by atoms with Gasteiger partial charge in [-0.25, -0.2) is 4.79 Å². The van der Waals surface area contributed by atoms with Crippen molar-refractivity contribution < 1.29 is 14.4 Å². The molecule has 2 N–H and O–H groups in total. The smallest absolute Gasteiger partial charge is 0.325 e. The van der Waals surface area contributed by atoms with Crippen LogP contribution in [0, 0.1) is 11.8 Å². The quantitative estimate of drug-likeness (QED) is 0.527. The van der Waals surface area contributed by atoms with Gasteiger partial charge in [0.15, 0.2) is 0 Å². The Balaban J connectivity index is 1.40. The number of amides is 4. The molecule has 0 radical (unpaired) electrons.